The summed E-state index contributed by atoms with van der Waals surface area (Å²) in [5.41, 5.74) is 1.02. The Bertz CT molecular complexity index is 207. The van der Waals surface area contributed by atoms with Gasteiger partial charge in [0.05, 0.1) is 5.69 Å². The second kappa shape index (κ2) is 2.68. The highest BCUT2D eigenvalue weighted by Crippen LogP contribution is 2.11. The monoisotopic (exact) mass is 237 g/mol. The summed E-state index contributed by atoms with van der Waals surface area (Å²) in [4.78, 5) is 4.10. The maximum Gasteiger partial charge on any atom is 0.257 e. The average molecular weight is 237 g/mol. The second-order valence-electron chi connectivity index (χ2n) is 1.83. The van der Waals surface area contributed by atoms with Crippen LogP contribution >= 0.6 is 22.6 Å². The van der Waals surface area contributed by atoms with E-state index in [0.717, 1.165) is 21.8 Å². The maximum atomic E-state index is 5.24. The molecule has 2 nitrogen and oxygen atoms in total. The van der Waals surface area contributed by atoms with Crippen LogP contribution in [-0.2, 0) is 6.42 Å². The first-order chi connectivity index (χ1) is 4.24. The molecule has 0 aliphatic rings. The number of hydrogen-bond donors (Lipinski definition) is 0. The lowest BCUT2D eigenvalue weighted by Gasteiger charge is -1.84. The summed E-state index contributed by atoms with van der Waals surface area (Å²) in [6, 6.07) is 0. The van der Waals surface area contributed by atoms with Gasteiger partial charge in [0, 0.05) is 29.0 Å². The van der Waals surface area contributed by atoms with Crippen molar-refractivity contribution in [2.75, 3.05) is 0 Å². The third kappa shape index (κ3) is 1.44. The Balaban J connectivity index is 3.01. The molecule has 0 saturated carbocycles. The molecule has 0 aliphatic carbocycles. The molecule has 3 heteroatoms. The van der Waals surface area contributed by atoms with E-state index in [9.17, 15) is 0 Å². The fourth-order valence-electron chi connectivity index (χ4n) is 0.721. The SMILES string of the molecule is CCc1oc(I)nc1C. The minimum Gasteiger partial charge on any atom is -0.437 e. The van der Waals surface area contributed by atoms with Gasteiger partial charge in [0.15, 0.2) is 0 Å². The zero-order valence-corrected chi connectivity index (χ0v) is 7.60. The Morgan fingerprint density at radius 1 is 1.67 bits per heavy atom. The fraction of sp³-hybridized carbons (Fsp3) is 0.500. The number of nitrogens with zero attached hydrogens (tertiary/aromatic N) is 1. The van der Waals surface area contributed by atoms with Crippen LogP contribution in [0.3, 0.4) is 0 Å². The Hall–Kier alpha value is -0.0600. The molecule has 0 amide bonds. The first-order valence-corrected chi connectivity index (χ1v) is 3.93. The highest BCUT2D eigenvalue weighted by atomic mass is 127. The van der Waals surface area contributed by atoms with Gasteiger partial charge in [-0.25, -0.2) is 4.98 Å². The number of hydrogen-bond acceptors (Lipinski definition) is 2. The molecule has 0 spiro atoms. The van der Waals surface area contributed by atoms with Crippen molar-refractivity contribution in [2.24, 2.45) is 0 Å². The molecule has 0 atom stereocenters. The second-order valence-corrected chi connectivity index (χ2v) is 2.75. The topological polar surface area (TPSA) is 26.0 Å². The first kappa shape index (κ1) is 7.05. The molecule has 9 heavy (non-hydrogen) atoms. The van der Waals surface area contributed by atoms with Gasteiger partial charge in [-0.05, 0) is 6.92 Å². The largest absolute Gasteiger partial charge is 0.437 e. The molecule has 1 heterocycles. The molecule has 0 aliphatic heterocycles. The normalized spacial score (nSPS) is 10.1. The third-order valence-corrected chi connectivity index (χ3v) is 1.65. The van der Waals surface area contributed by atoms with E-state index in [4.69, 9.17) is 4.42 Å². The van der Waals surface area contributed by atoms with Crippen LogP contribution in [0.5, 0.6) is 0 Å². The summed E-state index contributed by atoms with van der Waals surface area (Å²) >= 11 is 2.07. The van der Waals surface area contributed by atoms with Crippen LogP contribution in [0.1, 0.15) is 18.4 Å². The van der Waals surface area contributed by atoms with Crippen LogP contribution in [0.2, 0.25) is 0 Å². The van der Waals surface area contributed by atoms with Crippen LogP contribution in [0.4, 0.5) is 0 Å². The van der Waals surface area contributed by atoms with Gasteiger partial charge < -0.3 is 4.42 Å². The highest BCUT2D eigenvalue weighted by Gasteiger charge is 2.02. The molecule has 0 bridgehead atoms. The van der Waals surface area contributed by atoms with Crippen LogP contribution in [0, 0.1) is 10.8 Å². The van der Waals surface area contributed by atoms with Crippen LogP contribution in [0.25, 0.3) is 0 Å². The standard InChI is InChI=1S/C6H8INO/c1-3-5-4(2)8-6(7)9-5/h3H2,1-2H3. The Labute approximate surface area is 67.8 Å². The number of aromatic nitrogens is 1. The minimum atomic E-state index is 0.738. The zero-order chi connectivity index (χ0) is 6.85. The number of halogens is 1. The summed E-state index contributed by atoms with van der Waals surface area (Å²) in [6.07, 6.45) is 0.932. The molecule has 0 aromatic carbocycles. The van der Waals surface area contributed by atoms with Crippen molar-refractivity contribution in [2.45, 2.75) is 20.3 Å². The number of rotatable bonds is 1. The van der Waals surface area contributed by atoms with E-state index >= 15 is 0 Å². The van der Waals surface area contributed by atoms with E-state index in [1.807, 2.05) is 6.92 Å². The van der Waals surface area contributed by atoms with Crippen molar-refractivity contribution in [3.05, 3.63) is 15.4 Å². The van der Waals surface area contributed by atoms with Crippen molar-refractivity contribution in [3.8, 4) is 0 Å². The van der Waals surface area contributed by atoms with Gasteiger partial charge in [0.25, 0.3) is 3.90 Å². The summed E-state index contributed by atoms with van der Waals surface area (Å²) in [7, 11) is 0. The number of aryl methyl sites for hydroxylation is 2. The zero-order valence-electron chi connectivity index (χ0n) is 5.44. The Kier molecular flexibility index (Phi) is 2.10. The molecule has 0 N–H and O–H groups in total. The summed E-state index contributed by atoms with van der Waals surface area (Å²) < 4.78 is 5.98. The van der Waals surface area contributed by atoms with E-state index in [2.05, 4.69) is 34.5 Å². The fourth-order valence-corrected chi connectivity index (χ4v) is 1.35. The van der Waals surface area contributed by atoms with E-state index in [-0.39, 0.29) is 0 Å². The van der Waals surface area contributed by atoms with Gasteiger partial charge >= 0.3 is 0 Å². The van der Waals surface area contributed by atoms with Crippen LogP contribution in [-0.4, -0.2) is 4.98 Å². The number of oxazole rings is 1. The molecule has 1 rings (SSSR count). The van der Waals surface area contributed by atoms with E-state index in [1.165, 1.54) is 0 Å². The lowest BCUT2D eigenvalue weighted by molar-refractivity contribution is 0.481. The van der Waals surface area contributed by atoms with Crippen molar-refractivity contribution in [1.82, 2.24) is 4.98 Å². The van der Waals surface area contributed by atoms with Crippen molar-refractivity contribution < 1.29 is 4.42 Å². The van der Waals surface area contributed by atoms with E-state index in [0.29, 0.717) is 0 Å². The Morgan fingerprint density at radius 2 is 2.33 bits per heavy atom. The summed E-state index contributed by atoms with van der Waals surface area (Å²) in [5, 5.41) is 0. The lowest BCUT2D eigenvalue weighted by atomic mass is 10.3. The predicted molar refractivity (Wildman–Crippen MR) is 43.3 cm³/mol. The molecular formula is C6H8INO. The van der Waals surface area contributed by atoms with E-state index in [1.54, 1.807) is 0 Å². The molecule has 0 unspecified atom stereocenters. The van der Waals surface area contributed by atoms with Gasteiger partial charge in [-0.2, -0.15) is 0 Å². The van der Waals surface area contributed by atoms with Crippen molar-refractivity contribution in [3.63, 3.8) is 0 Å². The minimum absolute atomic E-state index is 0.738. The molecule has 1 aromatic heterocycles. The third-order valence-electron chi connectivity index (χ3n) is 1.19. The Morgan fingerprint density at radius 3 is 2.56 bits per heavy atom. The van der Waals surface area contributed by atoms with Gasteiger partial charge in [0.1, 0.15) is 5.76 Å². The predicted octanol–water partition coefficient (Wildman–Crippen LogP) is 2.15. The van der Waals surface area contributed by atoms with E-state index < -0.39 is 0 Å². The lowest BCUT2D eigenvalue weighted by Crippen LogP contribution is -1.78. The van der Waals surface area contributed by atoms with Crippen LogP contribution < -0.4 is 0 Å². The van der Waals surface area contributed by atoms with Crippen molar-refractivity contribution in [1.29, 1.82) is 0 Å². The van der Waals surface area contributed by atoms with Crippen LogP contribution in [0.15, 0.2) is 4.42 Å². The molecular weight excluding hydrogens is 229 g/mol. The highest BCUT2D eigenvalue weighted by molar-refractivity contribution is 14.1. The summed E-state index contributed by atoms with van der Waals surface area (Å²) in [5.74, 6) is 0.999. The molecule has 50 valence electrons. The first-order valence-electron chi connectivity index (χ1n) is 2.86. The molecule has 0 saturated heterocycles. The molecule has 0 fully saturated rings. The maximum absolute atomic E-state index is 5.24. The summed E-state index contributed by atoms with van der Waals surface area (Å²) in [6.45, 7) is 4.02. The quantitative estimate of drug-likeness (QED) is 0.699. The van der Waals surface area contributed by atoms with Gasteiger partial charge in [-0.1, -0.05) is 6.92 Å². The molecule has 1 aromatic rings. The molecule has 0 radical (unpaired) electrons. The van der Waals surface area contributed by atoms with Gasteiger partial charge in [-0.15, -0.1) is 0 Å². The van der Waals surface area contributed by atoms with Crippen molar-refractivity contribution >= 4 is 22.6 Å². The smallest absolute Gasteiger partial charge is 0.257 e. The van der Waals surface area contributed by atoms with Gasteiger partial charge in [0.2, 0.25) is 0 Å². The van der Waals surface area contributed by atoms with Gasteiger partial charge in [-0.3, -0.25) is 0 Å². The average Bonchev–Trinajstić information content (AvgIpc) is 2.10.